The minimum Gasteiger partial charge on any atom is -0.352 e. The number of hydrogen-bond acceptors (Lipinski definition) is 5. The number of nitrogens with two attached hydrogens (primary N) is 1. The topological polar surface area (TPSA) is 94.0 Å². The summed E-state index contributed by atoms with van der Waals surface area (Å²) in [5.41, 5.74) is 6.59. The number of benzene rings is 1. The van der Waals surface area contributed by atoms with Crippen LogP contribution in [-0.4, -0.2) is 29.1 Å². The molecule has 0 aliphatic carbocycles. The van der Waals surface area contributed by atoms with E-state index in [1.54, 1.807) is 19.1 Å². The fourth-order valence-electron chi connectivity index (χ4n) is 1.84. The van der Waals surface area contributed by atoms with Gasteiger partial charge in [-0.2, -0.15) is 4.98 Å². The van der Waals surface area contributed by atoms with Gasteiger partial charge in [-0.15, -0.1) is 0 Å². The first-order valence-electron chi connectivity index (χ1n) is 6.60. The second-order valence-electron chi connectivity index (χ2n) is 4.44. The molecule has 0 aliphatic rings. The van der Waals surface area contributed by atoms with Gasteiger partial charge < -0.3 is 15.6 Å². The van der Waals surface area contributed by atoms with E-state index in [0.29, 0.717) is 35.9 Å². The van der Waals surface area contributed by atoms with Crippen LogP contribution < -0.4 is 11.1 Å². The van der Waals surface area contributed by atoms with Gasteiger partial charge in [0.1, 0.15) is 0 Å². The molecule has 106 valence electrons. The van der Waals surface area contributed by atoms with Crippen molar-refractivity contribution in [1.29, 1.82) is 0 Å². The SMILES string of the molecule is Cc1noc(-c2ccccc2C(=O)NCCCCN)n1. The van der Waals surface area contributed by atoms with Gasteiger partial charge >= 0.3 is 0 Å². The maximum absolute atomic E-state index is 12.2. The van der Waals surface area contributed by atoms with Gasteiger partial charge in [0.15, 0.2) is 5.82 Å². The molecule has 0 saturated carbocycles. The molecule has 0 aliphatic heterocycles. The van der Waals surface area contributed by atoms with Gasteiger partial charge in [-0.05, 0) is 38.4 Å². The molecule has 0 fully saturated rings. The summed E-state index contributed by atoms with van der Waals surface area (Å²) in [4.78, 5) is 16.3. The van der Waals surface area contributed by atoms with Crippen LogP contribution in [0.5, 0.6) is 0 Å². The lowest BCUT2D eigenvalue weighted by atomic mass is 10.1. The Labute approximate surface area is 117 Å². The van der Waals surface area contributed by atoms with Crippen molar-refractivity contribution in [3.8, 4) is 11.5 Å². The van der Waals surface area contributed by atoms with E-state index in [4.69, 9.17) is 10.3 Å². The predicted octanol–water partition coefficient (Wildman–Crippen LogP) is 1.51. The van der Waals surface area contributed by atoms with Gasteiger partial charge in [0.2, 0.25) is 0 Å². The standard InChI is InChI=1S/C14H18N4O2/c1-10-17-14(20-18-10)12-7-3-2-6-11(12)13(19)16-9-5-4-8-15/h2-3,6-7H,4-5,8-9,15H2,1H3,(H,16,19). The van der Waals surface area contributed by atoms with E-state index in [2.05, 4.69) is 15.5 Å². The zero-order chi connectivity index (χ0) is 14.4. The van der Waals surface area contributed by atoms with E-state index >= 15 is 0 Å². The summed E-state index contributed by atoms with van der Waals surface area (Å²) >= 11 is 0. The molecule has 2 rings (SSSR count). The largest absolute Gasteiger partial charge is 0.352 e. The second-order valence-corrected chi connectivity index (χ2v) is 4.44. The van der Waals surface area contributed by atoms with Crippen LogP contribution in [0.2, 0.25) is 0 Å². The number of hydrogen-bond donors (Lipinski definition) is 2. The van der Waals surface area contributed by atoms with Crippen molar-refractivity contribution < 1.29 is 9.32 Å². The molecule has 20 heavy (non-hydrogen) atoms. The molecule has 0 unspecified atom stereocenters. The van der Waals surface area contributed by atoms with E-state index in [1.807, 2.05) is 12.1 Å². The minimum atomic E-state index is -0.145. The summed E-state index contributed by atoms with van der Waals surface area (Å²) in [5, 5.41) is 6.61. The fourth-order valence-corrected chi connectivity index (χ4v) is 1.84. The van der Waals surface area contributed by atoms with Gasteiger partial charge in [-0.25, -0.2) is 0 Å². The zero-order valence-electron chi connectivity index (χ0n) is 11.4. The molecular formula is C14H18N4O2. The van der Waals surface area contributed by atoms with Crippen molar-refractivity contribution in [1.82, 2.24) is 15.5 Å². The number of carbonyl (C=O) groups is 1. The number of aromatic nitrogens is 2. The van der Waals surface area contributed by atoms with E-state index < -0.39 is 0 Å². The highest BCUT2D eigenvalue weighted by molar-refractivity contribution is 5.99. The van der Waals surface area contributed by atoms with Crippen LogP contribution in [0.25, 0.3) is 11.5 Å². The van der Waals surface area contributed by atoms with Gasteiger partial charge in [-0.3, -0.25) is 4.79 Å². The van der Waals surface area contributed by atoms with E-state index in [0.717, 1.165) is 12.8 Å². The summed E-state index contributed by atoms with van der Waals surface area (Å²) in [7, 11) is 0. The van der Waals surface area contributed by atoms with Gasteiger partial charge in [0.05, 0.1) is 11.1 Å². The molecule has 1 heterocycles. The Balaban J connectivity index is 2.13. The van der Waals surface area contributed by atoms with Crippen LogP contribution in [0.1, 0.15) is 29.0 Å². The maximum atomic E-state index is 12.2. The first-order chi connectivity index (χ1) is 9.72. The van der Waals surface area contributed by atoms with Crippen molar-refractivity contribution >= 4 is 5.91 Å². The third-order valence-electron chi connectivity index (χ3n) is 2.85. The Morgan fingerprint density at radius 3 is 2.85 bits per heavy atom. The van der Waals surface area contributed by atoms with Crippen molar-refractivity contribution in [2.24, 2.45) is 5.73 Å². The van der Waals surface area contributed by atoms with Crippen molar-refractivity contribution in [3.63, 3.8) is 0 Å². The number of aryl methyl sites for hydroxylation is 1. The fraction of sp³-hybridized carbons (Fsp3) is 0.357. The highest BCUT2D eigenvalue weighted by atomic mass is 16.5. The van der Waals surface area contributed by atoms with E-state index in [1.165, 1.54) is 0 Å². The number of nitrogens with one attached hydrogen (secondary N) is 1. The second kappa shape index (κ2) is 6.81. The monoisotopic (exact) mass is 274 g/mol. The quantitative estimate of drug-likeness (QED) is 0.779. The molecule has 1 aromatic carbocycles. The molecular weight excluding hydrogens is 256 g/mol. The van der Waals surface area contributed by atoms with Crippen molar-refractivity contribution in [2.75, 3.05) is 13.1 Å². The number of unbranched alkanes of at least 4 members (excludes halogenated alkanes) is 1. The summed E-state index contributed by atoms with van der Waals surface area (Å²) < 4.78 is 5.13. The number of amides is 1. The lowest BCUT2D eigenvalue weighted by molar-refractivity contribution is 0.0953. The molecule has 0 atom stereocenters. The van der Waals surface area contributed by atoms with Crippen molar-refractivity contribution in [2.45, 2.75) is 19.8 Å². The van der Waals surface area contributed by atoms with Gasteiger partial charge in [-0.1, -0.05) is 17.3 Å². The van der Waals surface area contributed by atoms with E-state index in [9.17, 15) is 4.79 Å². The third-order valence-corrected chi connectivity index (χ3v) is 2.85. The molecule has 6 heteroatoms. The van der Waals surface area contributed by atoms with Crippen LogP contribution in [0.15, 0.2) is 28.8 Å². The molecule has 1 aromatic heterocycles. The molecule has 1 amide bonds. The number of nitrogens with zero attached hydrogens (tertiary/aromatic N) is 2. The van der Waals surface area contributed by atoms with Crippen LogP contribution in [0.3, 0.4) is 0 Å². The molecule has 0 spiro atoms. The first kappa shape index (κ1) is 14.2. The van der Waals surface area contributed by atoms with Gasteiger partial charge in [0.25, 0.3) is 11.8 Å². The lowest BCUT2D eigenvalue weighted by Gasteiger charge is -2.07. The highest BCUT2D eigenvalue weighted by Gasteiger charge is 2.16. The predicted molar refractivity (Wildman–Crippen MR) is 75.1 cm³/mol. The summed E-state index contributed by atoms with van der Waals surface area (Å²) in [6.07, 6.45) is 1.76. The number of rotatable bonds is 6. The maximum Gasteiger partial charge on any atom is 0.258 e. The Morgan fingerprint density at radius 2 is 2.15 bits per heavy atom. The molecule has 0 bridgehead atoms. The van der Waals surface area contributed by atoms with Crippen LogP contribution >= 0.6 is 0 Å². The Morgan fingerprint density at radius 1 is 1.35 bits per heavy atom. The van der Waals surface area contributed by atoms with Crippen LogP contribution in [0, 0.1) is 6.92 Å². The molecule has 0 saturated heterocycles. The average Bonchev–Trinajstić information content (AvgIpc) is 2.90. The number of carbonyl (C=O) groups excluding carboxylic acids is 1. The normalized spacial score (nSPS) is 10.5. The van der Waals surface area contributed by atoms with E-state index in [-0.39, 0.29) is 5.91 Å². The zero-order valence-corrected chi connectivity index (χ0v) is 11.4. The highest BCUT2D eigenvalue weighted by Crippen LogP contribution is 2.21. The summed E-state index contributed by atoms with van der Waals surface area (Å²) in [6.45, 7) is 2.98. The molecule has 3 N–H and O–H groups in total. The average molecular weight is 274 g/mol. The first-order valence-corrected chi connectivity index (χ1v) is 6.60. The molecule has 2 aromatic rings. The Kier molecular flexibility index (Phi) is 4.84. The van der Waals surface area contributed by atoms with Crippen LogP contribution in [-0.2, 0) is 0 Å². The summed E-state index contributed by atoms with van der Waals surface area (Å²) in [5.74, 6) is 0.752. The lowest BCUT2D eigenvalue weighted by Crippen LogP contribution is -2.25. The third kappa shape index (κ3) is 3.42. The van der Waals surface area contributed by atoms with Crippen molar-refractivity contribution in [3.05, 3.63) is 35.7 Å². The molecule has 6 nitrogen and oxygen atoms in total. The van der Waals surface area contributed by atoms with Gasteiger partial charge in [0, 0.05) is 6.54 Å². The Bertz CT molecular complexity index is 580. The smallest absolute Gasteiger partial charge is 0.258 e. The minimum absolute atomic E-state index is 0.145. The Hall–Kier alpha value is -2.21. The summed E-state index contributed by atoms with van der Waals surface area (Å²) in [6, 6.07) is 7.18. The molecule has 0 radical (unpaired) electrons. The van der Waals surface area contributed by atoms with Crippen LogP contribution in [0.4, 0.5) is 0 Å².